The number of benzene rings is 2. The molecule has 0 aromatic heterocycles. The van der Waals surface area contributed by atoms with E-state index in [1.807, 2.05) is 0 Å². The second-order valence-electron chi connectivity index (χ2n) is 4.27. The molecule has 3 nitrogen and oxygen atoms in total. The number of halogens is 2. The van der Waals surface area contributed by atoms with E-state index in [0.717, 1.165) is 6.07 Å². The summed E-state index contributed by atoms with van der Waals surface area (Å²) in [6, 6.07) is 6.92. The zero-order valence-electron chi connectivity index (χ0n) is 11.2. The molecule has 2 aromatic rings. The molecule has 0 aliphatic carbocycles. The maximum Gasteiger partial charge on any atom is 0.167 e. The minimum absolute atomic E-state index is 0.0456. The molecule has 0 atom stereocenters. The van der Waals surface area contributed by atoms with E-state index in [-0.39, 0.29) is 28.8 Å². The van der Waals surface area contributed by atoms with Gasteiger partial charge in [0.15, 0.2) is 17.3 Å². The van der Waals surface area contributed by atoms with E-state index in [4.69, 9.17) is 15.2 Å². The van der Waals surface area contributed by atoms with Crippen LogP contribution < -0.4 is 15.2 Å². The summed E-state index contributed by atoms with van der Waals surface area (Å²) in [4.78, 5) is 0. The molecule has 0 bridgehead atoms. The summed E-state index contributed by atoms with van der Waals surface area (Å²) in [5.74, 6) is -0.392. The largest absolute Gasteiger partial charge is 0.491 e. The molecule has 2 rings (SSSR count). The predicted octanol–water partition coefficient (Wildman–Crippen LogP) is 4.05. The van der Waals surface area contributed by atoms with Gasteiger partial charge in [-0.2, -0.15) is 0 Å². The Labute approximate surface area is 115 Å². The van der Waals surface area contributed by atoms with Gasteiger partial charge in [0.1, 0.15) is 11.6 Å². The Balaban J connectivity index is 2.32. The van der Waals surface area contributed by atoms with Crippen LogP contribution in [0, 0.1) is 18.6 Å². The molecular formula is C15H15F2NO2. The molecule has 2 aromatic carbocycles. The molecule has 2 N–H and O–H groups in total. The molecule has 0 aliphatic rings. The standard InChI is InChI=1S/C15H15F2NO2/c1-3-19-14-8-15(13(18)7-12(14)17)20-10-5-4-9(2)11(16)6-10/h4-8H,3,18H2,1-2H3. The van der Waals surface area contributed by atoms with Crippen LogP contribution in [0.15, 0.2) is 30.3 Å². The molecule has 0 heterocycles. The van der Waals surface area contributed by atoms with Crippen molar-refractivity contribution in [3.63, 3.8) is 0 Å². The fraction of sp³-hybridized carbons (Fsp3) is 0.200. The Morgan fingerprint density at radius 3 is 2.45 bits per heavy atom. The Kier molecular flexibility index (Phi) is 4.08. The fourth-order valence-electron chi connectivity index (χ4n) is 1.67. The third-order valence-corrected chi connectivity index (χ3v) is 2.74. The van der Waals surface area contributed by atoms with Crippen LogP contribution in [0.2, 0.25) is 0 Å². The van der Waals surface area contributed by atoms with E-state index in [1.54, 1.807) is 26.0 Å². The van der Waals surface area contributed by atoms with Gasteiger partial charge >= 0.3 is 0 Å². The summed E-state index contributed by atoms with van der Waals surface area (Å²) in [6.45, 7) is 3.71. The van der Waals surface area contributed by atoms with Crippen molar-refractivity contribution in [2.75, 3.05) is 12.3 Å². The van der Waals surface area contributed by atoms with Crippen LogP contribution in [0.1, 0.15) is 12.5 Å². The average molecular weight is 279 g/mol. The first-order valence-corrected chi connectivity index (χ1v) is 6.17. The van der Waals surface area contributed by atoms with Gasteiger partial charge in [-0.3, -0.25) is 0 Å². The van der Waals surface area contributed by atoms with Crippen molar-refractivity contribution in [3.8, 4) is 17.2 Å². The Morgan fingerprint density at radius 2 is 1.80 bits per heavy atom. The van der Waals surface area contributed by atoms with Crippen molar-refractivity contribution in [2.45, 2.75) is 13.8 Å². The SMILES string of the molecule is CCOc1cc(Oc2ccc(C)c(F)c2)c(N)cc1F. The van der Waals surface area contributed by atoms with Gasteiger partial charge in [-0.15, -0.1) is 0 Å². The summed E-state index contributed by atoms with van der Waals surface area (Å²) >= 11 is 0. The van der Waals surface area contributed by atoms with Gasteiger partial charge < -0.3 is 15.2 Å². The molecule has 5 heteroatoms. The Hall–Kier alpha value is -2.30. The van der Waals surface area contributed by atoms with Crippen molar-refractivity contribution in [2.24, 2.45) is 0 Å². The van der Waals surface area contributed by atoms with Crippen molar-refractivity contribution < 1.29 is 18.3 Å². The van der Waals surface area contributed by atoms with E-state index in [1.165, 1.54) is 12.1 Å². The third kappa shape index (κ3) is 2.99. The first kappa shape index (κ1) is 14.1. The zero-order valence-corrected chi connectivity index (χ0v) is 11.2. The lowest BCUT2D eigenvalue weighted by Gasteiger charge is -2.12. The molecule has 106 valence electrons. The zero-order chi connectivity index (χ0) is 14.7. The molecule has 0 spiro atoms. The molecule has 0 fully saturated rings. The molecule has 0 unspecified atom stereocenters. The maximum absolute atomic E-state index is 13.6. The predicted molar refractivity (Wildman–Crippen MR) is 73.2 cm³/mol. The number of hydrogen-bond acceptors (Lipinski definition) is 3. The van der Waals surface area contributed by atoms with Crippen molar-refractivity contribution in [3.05, 3.63) is 47.5 Å². The first-order valence-electron chi connectivity index (χ1n) is 6.17. The topological polar surface area (TPSA) is 44.5 Å². The number of rotatable bonds is 4. The summed E-state index contributed by atoms with van der Waals surface area (Å²) in [6.07, 6.45) is 0. The van der Waals surface area contributed by atoms with Gasteiger partial charge in [0.25, 0.3) is 0 Å². The van der Waals surface area contributed by atoms with Crippen LogP contribution in [-0.2, 0) is 0 Å². The van der Waals surface area contributed by atoms with Gasteiger partial charge in [-0.25, -0.2) is 8.78 Å². The van der Waals surface area contributed by atoms with Crippen LogP contribution in [0.3, 0.4) is 0 Å². The Morgan fingerprint density at radius 1 is 1.05 bits per heavy atom. The maximum atomic E-state index is 13.6. The Bertz CT molecular complexity index is 630. The quantitative estimate of drug-likeness (QED) is 0.859. The highest BCUT2D eigenvalue weighted by molar-refractivity contribution is 5.57. The number of anilines is 1. The van der Waals surface area contributed by atoms with Crippen molar-refractivity contribution in [1.29, 1.82) is 0 Å². The lowest BCUT2D eigenvalue weighted by molar-refractivity contribution is 0.319. The number of hydrogen-bond donors (Lipinski definition) is 1. The summed E-state index contributed by atoms with van der Waals surface area (Å²) in [7, 11) is 0. The highest BCUT2D eigenvalue weighted by Crippen LogP contribution is 2.33. The van der Waals surface area contributed by atoms with Gasteiger partial charge in [0.05, 0.1) is 12.3 Å². The van der Waals surface area contributed by atoms with Crippen molar-refractivity contribution in [1.82, 2.24) is 0 Å². The molecule has 20 heavy (non-hydrogen) atoms. The summed E-state index contributed by atoms with van der Waals surface area (Å²) in [5, 5.41) is 0. The van der Waals surface area contributed by atoms with Gasteiger partial charge in [0, 0.05) is 18.2 Å². The highest BCUT2D eigenvalue weighted by Gasteiger charge is 2.11. The normalized spacial score (nSPS) is 10.4. The number of aryl methyl sites for hydroxylation is 1. The second kappa shape index (κ2) is 5.77. The van der Waals surface area contributed by atoms with Crippen LogP contribution in [0.5, 0.6) is 17.2 Å². The minimum Gasteiger partial charge on any atom is -0.491 e. The molecule has 0 saturated carbocycles. The van der Waals surface area contributed by atoms with E-state index in [2.05, 4.69) is 0 Å². The fourth-order valence-corrected chi connectivity index (χ4v) is 1.67. The van der Waals surface area contributed by atoms with Crippen LogP contribution in [-0.4, -0.2) is 6.61 Å². The lowest BCUT2D eigenvalue weighted by Crippen LogP contribution is -1.99. The van der Waals surface area contributed by atoms with Crippen molar-refractivity contribution >= 4 is 5.69 Å². The second-order valence-corrected chi connectivity index (χ2v) is 4.27. The number of ether oxygens (including phenoxy) is 2. The first-order chi connectivity index (χ1) is 9.51. The van der Waals surface area contributed by atoms with Gasteiger partial charge in [-0.05, 0) is 25.5 Å². The minimum atomic E-state index is -0.563. The van der Waals surface area contributed by atoms with E-state index in [9.17, 15) is 8.78 Å². The third-order valence-electron chi connectivity index (χ3n) is 2.74. The van der Waals surface area contributed by atoms with Gasteiger partial charge in [0.2, 0.25) is 0 Å². The lowest BCUT2D eigenvalue weighted by atomic mass is 10.2. The smallest absolute Gasteiger partial charge is 0.167 e. The molecule has 0 saturated heterocycles. The number of nitrogen functional groups attached to an aromatic ring is 1. The highest BCUT2D eigenvalue weighted by atomic mass is 19.1. The van der Waals surface area contributed by atoms with Crippen LogP contribution >= 0.6 is 0 Å². The molecule has 0 amide bonds. The summed E-state index contributed by atoms with van der Waals surface area (Å²) < 4.78 is 37.6. The molecular weight excluding hydrogens is 264 g/mol. The summed E-state index contributed by atoms with van der Waals surface area (Å²) in [5.41, 5.74) is 6.32. The van der Waals surface area contributed by atoms with E-state index >= 15 is 0 Å². The number of nitrogens with two attached hydrogens (primary N) is 1. The molecule has 0 radical (unpaired) electrons. The van der Waals surface area contributed by atoms with E-state index < -0.39 is 5.82 Å². The van der Waals surface area contributed by atoms with E-state index in [0.29, 0.717) is 12.2 Å². The van der Waals surface area contributed by atoms with Crippen LogP contribution in [0.4, 0.5) is 14.5 Å². The molecule has 0 aliphatic heterocycles. The van der Waals surface area contributed by atoms with Crippen LogP contribution in [0.25, 0.3) is 0 Å². The average Bonchev–Trinajstić information content (AvgIpc) is 2.39. The monoisotopic (exact) mass is 279 g/mol. The van der Waals surface area contributed by atoms with Gasteiger partial charge in [-0.1, -0.05) is 6.07 Å².